The van der Waals surface area contributed by atoms with Crippen molar-refractivity contribution in [3.8, 4) is 0 Å². The zero-order valence-corrected chi connectivity index (χ0v) is 11.7. The predicted molar refractivity (Wildman–Crippen MR) is 76.9 cm³/mol. The lowest BCUT2D eigenvalue weighted by molar-refractivity contribution is 0.102. The summed E-state index contributed by atoms with van der Waals surface area (Å²) in [5.74, 6) is -0.219. The van der Waals surface area contributed by atoms with E-state index in [9.17, 15) is 4.79 Å². The molecule has 2 rings (SSSR count). The van der Waals surface area contributed by atoms with Crippen LogP contribution < -0.4 is 10.6 Å². The number of aryl methyl sites for hydroxylation is 2. The third kappa shape index (κ3) is 2.88. The van der Waals surface area contributed by atoms with Gasteiger partial charge in [-0.3, -0.25) is 9.48 Å². The molecule has 2 N–H and O–H groups in total. The van der Waals surface area contributed by atoms with Crippen LogP contribution in [0.1, 0.15) is 16.1 Å². The molecule has 19 heavy (non-hydrogen) atoms. The lowest BCUT2D eigenvalue weighted by Crippen LogP contribution is -2.14. The quantitative estimate of drug-likeness (QED) is 0.907. The van der Waals surface area contributed by atoms with E-state index >= 15 is 0 Å². The van der Waals surface area contributed by atoms with Crippen molar-refractivity contribution in [2.45, 2.75) is 6.92 Å². The number of hydrogen-bond donors (Lipinski definition) is 2. The number of benzene rings is 1. The highest BCUT2D eigenvalue weighted by molar-refractivity contribution is 6.31. The van der Waals surface area contributed by atoms with Gasteiger partial charge in [0.05, 0.1) is 16.9 Å². The molecule has 100 valence electrons. The number of halogens is 1. The lowest BCUT2D eigenvalue weighted by Gasteiger charge is -2.09. The number of aromatic nitrogens is 2. The van der Waals surface area contributed by atoms with Gasteiger partial charge in [0.25, 0.3) is 5.91 Å². The molecule has 0 aliphatic rings. The summed E-state index contributed by atoms with van der Waals surface area (Å²) in [7, 11) is 3.57. The molecule has 0 atom stereocenters. The molecule has 0 fully saturated rings. The summed E-state index contributed by atoms with van der Waals surface area (Å²) in [4.78, 5) is 12.3. The summed E-state index contributed by atoms with van der Waals surface area (Å²) in [6.07, 6.45) is 1.76. The summed E-state index contributed by atoms with van der Waals surface area (Å²) in [6, 6.07) is 5.14. The average molecular weight is 279 g/mol. The minimum Gasteiger partial charge on any atom is -0.387 e. The molecule has 1 amide bonds. The molecule has 0 bridgehead atoms. The number of carbonyl (C=O) groups is 1. The molecule has 0 spiro atoms. The third-order valence-corrected chi connectivity index (χ3v) is 2.99. The number of nitrogens with zero attached hydrogens (tertiary/aromatic N) is 2. The molecule has 0 aliphatic heterocycles. The van der Waals surface area contributed by atoms with Crippen molar-refractivity contribution in [2.75, 3.05) is 17.7 Å². The van der Waals surface area contributed by atoms with Crippen LogP contribution in [0.5, 0.6) is 0 Å². The first-order valence-electron chi connectivity index (χ1n) is 5.80. The maximum atomic E-state index is 12.3. The van der Waals surface area contributed by atoms with Gasteiger partial charge >= 0.3 is 0 Å². The van der Waals surface area contributed by atoms with Crippen LogP contribution in [0, 0.1) is 6.92 Å². The number of rotatable bonds is 3. The Kier molecular flexibility index (Phi) is 3.76. The maximum Gasteiger partial charge on any atom is 0.257 e. The van der Waals surface area contributed by atoms with Crippen LogP contribution in [0.3, 0.4) is 0 Å². The van der Waals surface area contributed by atoms with Crippen molar-refractivity contribution in [3.05, 3.63) is 40.7 Å². The highest BCUT2D eigenvalue weighted by Gasteiger charge is 2.14. The fourth-order valence-corrected chi connectivity index (χ4v) is 2.01. The molecule has 6 heteroatoms. The van der Waals surface area contributed by atoms with E-state index in [0.717, 1.165) is 11.4 Å². The second-order valence-electron chi connectivity index (χ2n) is 4.20. The SMILES string of the molecule is CNc1ccc(Cl)cc1C(=O)Nc1cn(C)nc1C. The van der Waals surface area contributed by atoms with E-state index in [1.54, 1.807) is 43.2 Å². The molecule has 0 saturated carbocycles. The van der Waals surface area contributed by atoms with Crippen LogP contribution in [0.15, 0.2) is 24.4 Å². The van der Waals surface area contributed by atoms with Gasteiger partial charge in [-0.1, -0.05) is 11.6 Å². The summed E-state index contributed by atoms with van der Waals surface area (Å²) in [6.45, 7) is 1.84. The van der Waals surface area contributed by atoms with E-state index in [1.807, 2.05) is 6.92 Å². The van der Waals surface area contributed by atoms with Crippen molar-refractivity contribution in [3.63, 3.8) is 0 Å². The van der Waals surface area contributed by atoms with Crippen molar-refractivity contribution < 1.29 is 4.79 Å². The molecule has 1 heterocycles. The molecule has 1 aromatic carbocycles. The van der Waals surface area contributed by atoms with Gasteiger partial charge in [-0.05, 0) is 25.1 Å². The van der Waals surface area contributed by atoms with Gasteiger partial charge in [-0.15, -0.1) is 0 Å². The first-order chi connectivity index (χ1) is 9.01. The fraction of sp³-hybridized carbons (Fsp3) is 0.231. The zero-order chi connectivity index (χ0) is 14.0. The summed E-state index contributed by atoms with van der Waals surface area (Å²) in [5, 5.41) is 10.5. The van der Waals surface area contributed by atoms with Gasteiger partial charge in [-0.2, -0.15) is 5.10 Å². The number of hydrogen-bond acceptors (Lipinski definition) is 3. The Balaban J connectivity index is 2.29. The molecule has 0 unspecified atom stereocenters. The molecule has 0 aliphatic carbocycles. The minimum atomic E-state index is -0.219. The summed E-state index contributed by atoms with van der Waals surface area (Å²) < 4.78 is 1.65. The lowest BCUT2D eigenvalue weighted by atomic mass is 10.1. The Morgan fingerprint density at radius 3 is 2.68 bits per heavy atom. The molecule has 5 nitrogen and oxygen atoms in total. The Morgan fingerprint density at radius 1 is 1.37 bits per heavy atom. The second kappa shape index (κ2) is 5.32. The van der Waals surface area contributed by atoms with Crippen LogP contribution in [-0.4, -0.2) is 22.7 Å². The standard InChI is InChI=1S/C13H15ClN4O/c1-8-12(7-18(3)17-8)16-13(19)10-6-9(14)4-5-11(10)15-2/h4-7,15H,1-3H3,(H,16,19). The van der Waals surface area contributed by atoms with Crippen LogP contribution in [0.25, 0.3) is 0 Å². The van der Waals surface area contributed by atoms with Crippen molar-refractivity contribution in [1.29, 1.82) is 0 Å². The van der Waals surface area contributed by atoms with Crippen LogP contribution in [0.2, 0.25) is 5.02 Å². The molecule has 1 aromatic heterocycles. The first-order valence-corrected chi connectivity index (χ1v) is 6.18. The smallest absolute Gasteiger partial charge is 0.257 e. The fourth-order valence-electron chi connectivity index (χ4n) is 1.83. The normalized spacial score (nSPS) is 10.3. The van der Waals surface area contributed by atoms with E-state index in [-0.39, 0.29) is 5.91 Å². The van der Waals surface area contributed by atoms with Crippen LogP contribution in [0.4, 0.5) is 11.4 Å². The van der Waals surface area contributed by atoms with Crippen molar-refractivity contribution in [1.82, 2.24) is 9.78 Å². The van der Waals surface area contributed by atoms with Crippen LogP contribution >= 0.6 is 11.6 Å². The molecular weight excluding hydrogens is 264 g/mol. The first kappa shape index (κ1) is 13.4. The van der Waals surface area contributed by atoms with Gasteiger partial charge in [0.1, 0.15) is 0 Å². The molecule has 0 saturated heterocycles. The predicted octanol–water partition coefficient (Wildman–Crippen LogP) is 2.68. The number of carbonyl (C=O) groups excluding carboxylic acids is 1. The third-order valence-electron chi connectivity index (χ3n) is 2.76. The topological polar surface area (TPSA) is 59.0 Å². The number of nitrogens with one attached hydrogen (secondary N) is 2. The van der Waals surface area contributed by atoms with Crippen molar-refractivity contribution >= 4 is 28.9 Å². The second-order valence-corrected chi connectivity index (χ2v) is 4.63. The van der Waals surface area contributed by atoms with Gasteiger partial charge in [-0.25, -0.2) is 0 Å². The van der Waals surface area contributed by atoms with E-state index in [4.69, 9.17) is 11.6 Å². The minimum absolute atomic E-state index is 0.219. The Labute approximate surface area is 116 Å². The van der Waals surface area contributed by atoms with Crippen molar-refractivity contribution in [2.24, 2.45) is 7.05 Å². The summed E-state index contributed by atoms with van der Waals surface area (Å²) >= 11 is 5.93. The monoisotopic (exact) mass is 278 g/mol. The summed E-state index contributed by atoms with van der Waals surface area (Å²) in [5.41, 5.74) is 2.68. The molecular formula is C13H15ClN4O. The van der Waals surface area contributed by atoms with E-state index in [0.29, 0.717) is 16.3 Å². The molecule has 0 radical (unpaired) electrons. The number of amides is 1. The van der Waals surface area contributed by atoms with Gasteiger partial charge < -0.3 is 10.6 Å². The maximum absolute atomic E-state index is 12.3. The van der Waals surface area contributed by atoms with Gasteiger partial charge in [0.15, 0.2) is 0 Å². The van der Waals surface area contributed by atoms with E-state index < -0.39 is 0 Å². The zero-order valence-electron chi connectivity index (χ0n) is 11.0. The van der Waals surface area contributed by atoms with E-state index in [1.165, 1.54) is 0 Å². The highest BCUT2D eigenvalue weighted by atomic mass is 35.5. The Morgan fingerprint density at radius 2 is 2.11 bits per heavy atom. The Hall–Kier alpha value is -2.01. The highest BCUT2D eigenvalue weighted by Crippen LogP contribution is 2.22. The number of anilines is 2. The van der Waals surface area contributed by atoms with Gasteiger partial charge in [0, 0.05) is 31.0 Å². The van der Waals surface area contributed by atoms with Crippen LogP contribution in [-0.2, 0) is 7.05 Å². The Bertz CT molecular complexity index is 621. The van der Waals surface area contributed by atoms with Gasteiger partial charge in [0.2, 0.25) is 0 Å². The van der Waals surface area contributed by atoms with E-state index in [2.05, 4.69) is 15.7 Å². The average Bonchev–Trinajstić information content (AvgIpc) is 2.67. The molecule has 2 aromatic rings. The largest absolute Gasteiger partial charge is 0.387 e.